The number of nitro groups is 1. The van der Waals surface area contributed by atoms with Gasteiger partial charge in [0.2, 0.25) is 0 Å². The molecule has 0 saturated heterocycles. The first-order chi connectivity index (χ1) is 8.56. The standard InChI is InChI=1S/C12H11BrN2O3/c1-8-2-4-10(13)11(6-8)14-7-9-3-5-12(18-9)15(16)17/h2-6,14H,7H2,1H3. The monoisotopic (exact) mass is 310 g/mol. The van der Waals surface area contributed by atoms with E-state index in [9.17, 15) is 10.1 Å². The fourth-order valence-electron chi connectivity index (χ4n) is 1.52. The molecule has 0 bridgehead atoms. The molecule has 0 aliphatic carbocycles. The predicted octanol–water partition coefficient (Wildman–Crippen LogP) is 3.87. The van der Waals surface area contributed by atoms with Gasteiger partial charge < -0.3 is 9.73 Å². The van der Waals surface area contributed by atoms with Crippen molar-refractivity contribution in [2.24, 2.45) is 0 Å². The number of anilines is 1. The van der Waals surface area contributed by atoms with Crippen LogP contribution in [0.3, 0.4) is 0 Å². The highest BCUT2D eigenvalue weighted by Crippen LogP contribution is 2.24. The summed E-state index contributed by atoms with van der Waals surface area (Å²) in [6.07, 6.45) is 0. The van der Waals surface area contributed by atoms with Crippen molar-refractivity contribution < 1.29 is 9.34 Å². The SMILES string of the molecule is Cc1ccc(Br)c(NCc2ccc([N+](=O)[O-])o2)c1. The molecule has 0 unspecified atom stereocenters. The van der Waals surface area contributed by atoms with Crippen LogP contribution in [0, 0.1) is 17.0 Å². The maximum atomic E-state index is 10.5. The number of nitrogens with zero attached hydrogens (tertiary/aromatic N) is 1. The molecule has 1 aromatic carbocycles. The number of nitrogens with one attached hydrogen (secondary N) is 1. The van der Waals surface area contributed by atoms with E-state index in [0.717, 1.165) is 15.7 Å². The van der Waals surface area contributed by atoms with Crippen LogP contribution in [0.25, 0.3) is 0 Å². The molecular formula is C12H11BrN2O3. The second-order valence-corrected chi connectivity index (χ2v) is 4.69. The molecule has 0 atom stereocenters. The van der Waals surface area contributed by atoms with Gasteiger partial charge in [-0.3, -0.25) is 10.1 Å². The molecular weight excluding hydrogens is 300 g/mol. The van der Waals surface area contributed by atoms with Crippen molar-refractivity contribution in [3.05, 3.63) is 56.2 Å². The number of halogens is 1. The fraction of sp³-hybridized carbons (Fsp3) is 0.167. The molecule has 2 aromatic rings. The molecule has 1 aromatic heterocycles. The summed E-state index contributed by atoms with van der Waals surface area (Å²) in [5.74, 6) is 0.283. The Morgan fingerprint density at radius 3 is 2.83 bits per heavy atom. The molecule has 6 heteroatoms. The minimum absolute atomic E-state index is 0.241. The highest BCUT2D eigenvalue weighted by molar-refractivity contribution is 9.10. The van der Waals surface area contributed by atoms with Crippen LogP contribution in [0.1, 0.15) is 11.3 Å². The Balaban J connectivity index is 2.06. The Kier molecular flexibility index (Phi) is 3.66. The molecule has 0 aliphatic rings. The van der Waals surface area contributed by atoms with Gasteiger partial charge in [0.1, 0.15) is 10.7 Å². The normalized spacial score (nSPS) is 10.3. The largest absolute Gasteiger partial charge is 0.433 e. The molecule has 0 fully saturated rings. The van der Waals surface area contributed by atoms with Crippen LogP contribution in [0.5, 0.6) is 0 Å². The molecule has 2 rings (SSSR count). The lowest BCUT2D eigenvalue weighted by Crippen LogP contribution is -1.99. The Hall–Kier alpha value is -1.82. The van der Waals surface area contributed by atoms with Crippen molar-refractivity contribution in [3.63, 3.8) is 0 Å². The van der Waals surface area contributed by atoms with Gasteiger partial charge in [0.15, 0.2) is 0 Å². The second kappa shape index (κ2) is 5.22. The highest BCUT2D eigenvalue weighted by atomic mass is 79.9. The Bertz CT molecular complexity index is 580. The van der Waals surface area contributed by atoms with Crippen LogP contribution in [0.15, 0.2) is 39.2 Å². The van der Waals surface area contributed by atoms with Crippen LogP contribution in [-0.4, -0.2) is 4.92 Å². The van der Waals surface area contributed by atoms with Gasteiger partial charge in [-0.05, 0) is 46.6 Å². The van der Waals surface area contributed by atoms with E-state index in [1.807, 2.05) is 25.1 Å². The third kappa shape index (κ3) is 2.89. The number of furan rings is 1. The maximum absolute atomic E-state index is 10.5. The third-order valence-corrected chi connectivity index (χ3v) is 3.09. The van der Waals surface area contributed by atoms with Crippen LogP contribution in [0.4, 0.5) is 11.6 Å². The van der Waals surface area contributed by atoms with Gasteiger partial charge >= 0.3 is 5.88 Å². The summed E-state index contributed by atoms with van der Waals surface area (Å²) in [5.41, 5.74) is 2.06. The van der Waals surface area contributed by atoms with E-state index in [2.05, 4.69) is 21.2 Å². The second-order valence-electron chi connectivity index (χ2n) is 3.83. The van der Waals surface area contributed by atoms with E-state index in [4.69, 9.17) is 4.42 Å². The van der Waals surface area contributed by atoms with Gasteiger partial charge in [-0.15, -0.1) is 0 Å². The van der Waals surface area contributed by atoms with Crippen LogP contribution >= 0.6 is 15.9 Å². The van der Waals surface area contributed by atoms with Crippen LogP contribution < -0.4 is 5.32 Å². The zero-order valence-electron chi connectivity index (χ0n) is 9.64. The summed E-state index contributed by atoms with van der Waals surface area (Å²) in [4.78, 5) is 9.92. The summed E-state index contributed by atoms with van der Waals surface area (Å²) in [6, 6.07) is 8.87. The average molecular weight is 311 g/mol. The molecule has 94 valence electrons. The van der Waals surface area contributed by atoms with Gasteiger partial charge in [-0.25, -0.2) is 0 Å². The van der Waals surface area contributed by atoms with E-state index in [1.54, 1.807) is 6.07 Å². The molecule has 0 aliphatic heterocycles. The van der Waals surface area contributed by atoms with Gasteiger partial charge in [-0.1, -0.05) is 6.07 Å². The zero-order chi connectivity index (χ0) is 13.1. The molecule has 0 spiro atoms. The number of benzene rings is 1. The van der Waals surface area contributed by atoms with Crippen molar-refractivity contribution >= 4 is 27.5 Å². The van der Waals surface area contributed by atoms with Crippen molar-refractivity contribution in [1.29, 1.82) is 0 Å². The topological polar surface area (TPSA) is 68.3 Å². The predicted molar refractivity (Wildman–Crippen MR) is 71.6 cm³/mol. The first-order valence-corrected chi connectivity index (χ1v) is 6.08. The minimum Gasteiger partial charge on any atom is -0.404 e. The average Bonchev–Trinajstić information content (AvgIpc) is 2.79. The third-order valence-electron chi connectivity index (χ3n) is 2.40. The first kappa shape index (κ1) is 12.6. The summed E-state index contributed by atoms with van der Waals surface area (Å²) in [6.45, 7) is 2.39. The maximum Gasteiger partial charge on any atom is 0.433 e. The van der Waals surface area contributed by atoms with E-state index in [1.165, 1.54) is 6.07 Å². The lowest BCUT2D eigenvalue weighted by Gasteiger charge is -2.07. The fourth-order valence-corrected chi connectivity index (χ4v) is 1.90. The molecule has 0 saturated carbocycles. The van der Waals surface area contributed by atoms with Crippen molar-refractivity contribution in [1.82, 2.24) is 0 Å². The molecule has 18 heavy (non-hydrogen) atoms. The van der Waals surface area contributed by atoms with E-state index in [0.29, 0.717) is 12.3 Å². The molecule has 0 amide bonds. The number of rotatable bonds is 4. The number of hydrogen-bond donors (Lipinski definition) is 1. The number of aryl methyl sites for hydroxylation is 1. The lowest BCUT2D eigenvalue weighted by molar-refractivity contribution is -0.402. The zero-order valence-corrected chi connectivity index (χ0v) is 11.2. The van der Waals surface area contributed by atoms with Gasteiger partial charge in [0.25, 0.3) is 0 Å². The van der Waals surface area contributed by atoms with Gasteiger partial charge in [-0.2, -0.15) is 0 Å². The summed E-state index contributed by atoms with van der Waals surface area (Å²) < 4.78 is 6.00. The highest BCUT2D eigenvalue weighted by Gasteiger charge is 2.11. The van der Waals surface area contributed by atoms with Gasteiger partial charge in [0, 0.05) is 10.2 Å². The Labute approximate surface area is 112 Å². The summed E-state index contributed by atoms with van der Waals surface area (Å²) in [7, 11) is 0. The van der Waals surface area contributed by atoms with E-state index >= 15 is 0 Å². The van der Waals surface area contributed by atoms with Gasteiger partial charge in [0.05, 0.1) is 12.6 Å². The Morgan fingerprint density at radius 2 is 2.17 bits per heavy atom. The van der Waals surface area contributed by atoms with Crippen molar-refractivity contribution in [2.75, 3.05) is 5.32 Å². The van der Waals surface area contributed by atoms with Crippen molar-refractivity contribution in [3.8, 4) is 0 Å². The van der Waals surface area contributed by atoms with E-state index in [-0.39, 0.29) is 5.88 Å². The quantitative estimate of drug-likeness (QED) is 0.687. The van der Waals surface area contributed by atoms with Crippen LogP contribution in [-0.2, 0) is 6.54 Å². The smallest absolute Gasteiger partial charge is 0.404 e. The van der Waals surface area contributed by atoms with E-state index < -0.39 is 4.92 Å². The summed E-state index contributed by atoms with van der Waals surface area (Å²) >= 11 is 3.43. The molecule has 1 N–H and O–H groups in total. The minimum atomic E-state index is -0.550. The molecule has 1 heterocycles. The molecule has 5 nitrogen and oxygen atoms in total. The number of hydrogen-bond acceptors (Lipinski definition) is 4. The van der Waals surface area contributed by atoms with Crippen LogP contribution in [0.2, 0.25) is 0 Å². The van der Waals surface area contributed by atoms with Crippen molar-refractivity contribution in [2.45, 2.75) is 13.5 Å². The first-order valence-electron chi connectivity index (χ1n) is 5.29. The summed E-state index contributed by atoms with van der Waals surface area (Å²) in [5, 5.41) is 13.6. The lowest BCUT2D eigenvalue weighted by atomic mass is 10.2. The molecule has 0 radical (unpaired) electrons. The Morgan fingerprint density at radius 1 is 1.39 bits per heavy atom.